The molecule has 3 aromatic rings. The van der Waals surface area contributed by atoms with Crippen LogP contribution in [0.1, 0.15) is 16.8 Å². The lowest BCUT2D eigenvalue weighted by Crippen LogP contribution is -2.09. The van der Waals surface area contributed by atoms with Crippen LogP contribution >= 0.6 is 0 Å². The van der Waals surface area contributed by atoms with E-state index in [2.05, 4.69) is 15.3 Å². The van der Waals surface area contributed by atoms with Crippen molar-refractivity contribution >= 4 is 17.7 Å². The first-order valence-corrected chi connectivity index (χ1v) is 8.21. The molecule has 1 heterocycles. The van der Waals surface area contributed by atoms with E-state index in [1.165, 1.54) is 6.08 Å². The molecule has 0 radical (unpaired) electrons. The van der Waals surface area contributed by atoms with Crippen molar-refractivity contribution in [2.75, 3.05) is 5.32 Å². The lowest BCUT2D eigenvalue weighted by molar-refractivity contribution is -0.111. The van der Waals surface area contributed by atoms with E-state index in [4.69, 9.17) is 4.74 Å². The van der Waals surface area contributed by atoms with E-state index in [1.807, 2.05) is 50.2 Å². The normalized spacial score (nSPS) is 10.7. The Balaban J connectivity index is 1.77. The molecule has 5 heteroatoms. The summed E-state index contributed by atoms with van der Waals surface area (Å²) in [5.74, 6) is 1.11. The first kappa shape index (κ1) is 17.4. The molecule has 0 aliphatic heterocycles. The predicted molar refractivity (Wildman–Crippen MR) is 102 cm³/mol. The van der Waals surface area contributed by atoms with Gasteiger partial charge in [0.15, 0.2) is 5.75 Å². The largest absolute Gasteiger partial charge is 0.455 e. The van der Waals surface area contributed by atoms with Crippen molar-refractivity contribution in [1.82, 2.24) is 9.97 Å². The maximum Gasteiger partial charge on any atom is 0.248 e. The molecule has 26 heavy (non-hydrogen) atoms. The van der Waals surface area contributed by atoms with Crippen LogP contribution in [0, 0.1) is 13.8 Å². The number of nitrogens with zero attached hydrogens (tertiary/aromatic N) is 2. The highest BCUT2D eigenvalue weighted by Crippen LogP contribution is 2.33. The number of rotatable bonds is 5. The predicted octanol–water partition coefficient (Wildman–Crippen LogP) is 4.54. The number of ether oxygens (including phenoxy) is 1. The Morgan fingerprint density at radius 3 is 2.54 bits per heavy atom. The summed E-state index contributed by atoms with van der Waals surface area (Å²) in [6, 6.07) is 13.3. The third-order valence-electron chi connectivity index (χ3n) is 3.75. The molecule has 0 aliphatic rings. The molecule has 0 spiro atoms. The number of nitrogens with one attached hydrogen (secondary N) is 1. The quantitative estimate of drug-likeness (QED) is 0.690. The molecule has 2 aromatic carbocycles. The number of carbonyl (C=O) groups is 1. The summed E-state index contributed by atoms with van der Waals surface area (Å²) >= 11 is 0. The first-order chi connectivity index (χ1) is 12.6. The van der Waals surface area contributed by atoms with E-state index in [9.17, 15) is 4.79 Å². The highest BCUT2D eigenvalue weighted by molar-refractivity contribution is 6.02. The molecule has 1 aromatic heterocycles. The average molecular weight is 345 g/mol. The van der Waals surface area contributed by atoms with Crippen molar-refractivity contribution in [1.29, 1.82) is 0 Å². The minimum atomic E-state index is -0.270. The molecule has 0 saturated carbocycles. The number of amides is 1. The van der Waals surface area contributed by atoms with Crippen LogP contribution in [-0.4, -0.2) is 15.9 Å². The van der Waals surface area contributed by atoms with Gasteiger partial charge in [0, 0.05) is 18.5 Å². The maximum atomic E-state index is 12.2. The summed E-state index contributed by atoms with van der Waals surface area (Å²) in [5, 5.41) is 2.84. The second-order valence-corrected chi connectivity index (χ2v) is 5.77. The monoisotopic (exact) mass is 345 g/mol. The first-order valence-electron chi connectivity index (χ1n) is 8.21. The Hall–Kier alpha value is -3.47. The van der Waals surface area contributed by atoms with Crippen molar-refractivity contribution in [2.45, 2.75) is 13.8 Å². The zero-order chi connectivity index (χ0) is 18.4. The van der Waals surface area contributed by atoms with Gasteiger partial charge >= 0.3 is 0 Å². The van der Waals surface area contributed by atoms with Crippen molar-refractivity contribution < 1.29 is 9.53 Å². The molecule has 1 N–H and O–H groups in total. The minimum absolute atomic E-state index is 0.270. The second-order valence-electron chi connectivity index (χ2n) is 5.77. The SMILES string of the molecule is Cc1cccc(C)c1Oc1ccccc1NC(=O)C=Cc1cnccn1. The number of benzene rings is 2. The molecule has 5 nitrogen and oxygen atoms in total. The van der Waals surface area contributed by atoms with E-state index in [-0.39, 0.29) is 5.91 Å². The number of hydrogen-bond acceptors (Lipinski definition) is 4. The topological polar surface area (TPSA) is 64.1 Å². The summed E-state index contributed by atoms with van der Waals surface area (Å²) < 4.78 is 6.07. The Kier molecular flexibility index (Phi) is 5.39. The standard InChI is InChI=1S/C21H19N3O2/c1-15-6-5-7-16(2)21(15)26-19-9-4-3-8-18(19)24-20(25)11-10-17-14-22-12-13-23-17/h3-14H,1-2H3,(H,24,25). The van der Waals surface area contributed by atoms with E-state index in [1.54, 1.807) is 30.7 Å². The molecule has 0 aliphatic carbocycles. The molecule has 130 valence electrons. The van der Waals surface area contributed by atoms with Gasteiger partial charge in [0.25, 0.3) is 0 Å². The number of aromatic nitrogens is 2. The molecule has 0 bridgehead atoms. The van der Waals surface area contributed by atoms with Gasteiger partial charge < -0.3 is 10.1 Å². The van der Waals surface area contributed by atoms with Gasteiger partial charge in [-0.1, -0.05) is 30.3 Å². The maximum absolute atomic E-state index is 12.2. The van der Waals surface area contributed by atoms with Gasteiger partial charge in [-0.05, 0) is 43.2 Å². The molecular formula is C21H19N3O2. The fourth-order valence-corrected chi connectivity index (χ4v) is 2.46. The number of carbonyl (C=O) groups excluding carboxylic acids is 1. The summed E-state index contributed by atoms with van der Waals surface area (Å²) in [4.78, 5) is 20.3. The van der Waals surface area contributed by atoms with Crippen LogP contribution in [0.15, 0.2) is 67.1 Å². The summed E-state index contributed by atoms with van der Waals surface area (Å²) in [6.45, 7) is 3.99. The number of hydrogen-bond donors (Lipinski definition) is 1. The molecule has 1 amide bonds. The van der Waals surface area contributed by atoms with E-state index < -0.39 is 0 Å². The van der Waals surface area contributed by atoms with Crippen LogP contribution in [-0.2, 0) is 4.79 Å². The van der Waals surface area contributed by atoms with Gasteiger partial charge in [-0.3, -0.25) is 14.8 Å². The van der Waals surface area contributed by atoms with Crippen molar-refractivity contribution in [3.8, 4) is 11.5 Å². The zero-order valence-electron chi connectivity index (χ0n) is 14.6. The molecule has 3 rings (SSSR count). The fourth-order valence-electron chi connectivity index (χ4n) is 2.46. The molecular weight excluding hydrogens is 326 g/mol. The Morgan fingerprint density at radius 2 is 1.81 bits per heavy atom. The van der Waals surface area contributed by atoms with Gasteiger partial charge in [-0.25, -0.2) is 0 Å². The van der Waals surface area contributed by atoms with Crippen LogP contribution in [0.2, 0.25) is 0 Å². The Morgan fingerprint density at radius 1 is 1.04 bits per heavy atom. The van der Waals surface area contributed by atoms with Crippen molar-refractivity contribution in [3.05, 3.63) is 84.0 Å². The van der Waals surface area contributed by atoms with Crippen LogP contribution in [0.5, 0.6) is 11.5 Å². The van der Waals surface area contributed by atoms with E-state index in [0.717, 1.165) is 16.9 Å². The van der Waals surface area contributed by atoms with Crippen molar-refractivity contribution in [3.63, 3.8) is 0 Å². The van der Waals surface area contributed by atoms with Gasteiger partial charge in [0.1, 0.15) is 5.75 Å². The van der Waals surface area contributed by atoms with Crippen LogP contribution in [0.4, 0.5) is 5.69 Å². The smallest absolute Gasteiger partial charge is 0.248 e. The summed E-state index contributed by atoms with van der Waals surface area (Å²) in [5.41, 5.74) is 3.29. The van der Waals surface area contributed by atoms with E-state index in [0.29, 0.717) is 17.1 Å². The lowest BCUT2D eigenvalue weighted by atomic mass is 10.1. The zero-order valence-corrected chi connectivity index (χ0v) is 14.6. The molecule has 0 saturated heterocycles. The summed E-state index contributed by atoms with van der Waals surface area (Å²) in [7, 11) is 0. The van der Waals surface area contributed by atoms with Gasteiger partial charge in [0.2, 0.25) is 5.91 Å². The number of para-hydroxylation sites is 3. The lowest BCUT2D eigenvalue weighted by Gasteiger charge is -2.14. The van der Waals surface area contributed by atoms with Crippen LogP contribution in [0.25, 0.3) is 6.08 Å². The molecule has 0 fully saturated rings. The van der Waals surface area contributed by atoms with Gasteiger partial charge in [-0.2, -0.15) is 0 Å². The van der Waals surface area contributed by atoms with Gasteiger partial charge in [-0.15, -0.1) is 0 Å². The average Bonchev–Trinajstić information content (AvgIpc) is 2.65. The molecule has 0 atom stereocenters. The summed E-state index contributed by atoms with van der Waals surface area (Å²) in [6.07, 6.45) is 7.77. The highest BCUT2D eigenvalue weighted by atomic mass is 16.5. The Bertz CT molecular complexity index is 917. The van der Waals surface area contributed by atoms with Crippen molar-refractivity contribution in [2.24, 2.45) is 0 Å². The fraction of sp³-hybridized carbons (Fsp3) is 0.0952. The van der Waals surface area contributed by atoms with Crippen LogP contribution < -0.4 is 10.1 Å². The Labute approximate surface area is 152 Å². The minimum Gasteiger partial charge on any atom is -0.455 e. The second kappa shape index (κ2) is 8.07. The molecule has 0 unspecified atom stereocenters. The van der Waals surface area contributed by atoms with Gasteiger partial charge in [0.05, 0.1) is 17.6 Å². The highest BCUT2D eigenvalue weighted by Gasteiger charge is 2.10. The number of aryl methyl sites for hydroxylation is 2. The third kappa shape index (κ3) is 4.33. The number of anilines is 1. The van der Waals surface area contributed by atoms with Crippen LogP contribution in [0.3, 0.4) is 0 Å². The third-order valence-corrected chi connectivity index (χ3v) is 3.75. The van der Waals surface area contributed by atoms with E-state index >= 15 is 0 Å².